The number of hydrazone groups is 1. The van der Waals surface area contributed by atoms with Gasteiger partial charge in [0.15, 0.2) is 5.69 Å². The van der Waals surface area contributed by atoms with Crippen molar-refractivity contribution >= 4 is 35.2 Å². The molecule has 2 aromatic heterocycles. The molecular weight excluding hydrogens is 461 g/mol. The number of carbonyl (C=O) groups excluding carboxylic acids is 1. The van der Waals surface area contributed by atoms with E-state index in [9.17, 15) is 19.3 Å². The van der Waals surface area contributed by atoms with Gasteiger partial charge in [0.05, 0.1) is 16.2 Å². The number of nitrogens with two attached hydrogens (primary N) is 1. The molecule has 4 aromatic rings. The number of nitro benzene ring substituents is 1. The van der Waals surface area contributed by atoms with Crippen LogP contribution >= 0.6 is 11.6 Å². The summed E-state index contributed by atoms with van der Waals surface area (Å²) in [5, 5.41) is 29.7. The number of nitro groups is 1. The molecule has 33 heavy (non-hydrogen) atoms. The molecule has 0 aliphatic rings. The highest BCUT2D eigenvalue weighted by atomic mass is 35.5. The zero-order valence-electron chi connectivity index (χ0n) is 16.2. The van der Waals surface area contributed by atoms with E-state index < -0.39 is 16.6 Å². The highest BCUT2D eigenvalue weighted by molar-refractivity contribution is 6.33. The van der Waals surface area contributed by atoms with Crippen molar-refractivity contribution in [2.24, 2.45) is 5.10 Å². The van der Waals surface area contributed by atoms with Crippen LogP contribution in [0.5, 0.6) is 0 Å². The van der Waals surface area contributed by atoms with Crippen molar-refractivity contribution in [2.45, 2.75) is 0 Å². The molecule has 0 aliphatic carbocycles. The number of aromatic nitrogens is 5. The van der Waals surface area contributed by atoms with E-state index in [1.807, 2.05) is 0 Å². The molecule has 1 amide bonds. The molecule has 3 N–H and O–H groups in total. The van der Waals surface area contributed by atoms with E-state index in [0.29, 0.717) is 0 Å². The number of rotatable bonds is 6. The van der Waals surface area contributed by atoms with Crippen LogP contribution in [-0.4, -0.2) is 42.4 Å². The molecule has 0 saturated carbocycles. The van der Waals surface area contributed by atoms with Gasteiger partial charge in [0.1, 0.15) is 11.5 Å². The minimum atomic E-state index is -0.860. The standard InChI is InChI=1S/C18H11ClFN9O4/c19-12-5-2-6-13(20)11(12)8-22-24-18(30)14-15(9-3-1-4-10(7-9)29(31)32)28(27-23-14)17-16(21)25-33-26-17/h1-8H,(H2,21,25)(H,24,30)/b22-8-. The monoisotopic (exact) mass is 471 g/mol. The predicted octanol–water partition coefficient (Wildman–Crippen LogP) is 2.36. The van der Waals surface area contributed by atoms with Crippen molar-refractivity contribution in [3.8, 4) is 17.1 Å². The second-order valence-electron chi connectivity index (χ2n) is 6.31. The molecule has 0 atom stereocenters. The first-order chi connectivity index (χ1) is 15.9. The average molecular weight is 472 g/mol. The van der Waals surface area contributed by atoms with Gasteiger partial charge >= 0.3 is 0 Å². The number of nitrogens with one attached hydrogen (secondary N) is 1. The minimum Gasteiger partial charge on any atom is -0.378 e. The molecule has 0 aliphatic heterocycles. The summed E-state index contributed by atoms with van der Waals surface area (Å²) in [6, 6.07) is 9.43. The predicted molar refractivity (Wildman–Crippen MR) is 112 cm³/mol. The van der Waals surface area contributed by atoms with Crippen LogP contribution in [0.4, 0.5) is 15.9 Å². The lowest BCUT2D eigenvalue weighted by Gasteiger charge is -2.06. The van der Waals surface area contributed by atoms with E-state index in [1.165, 1.54) is 42.5 Å². The van der Waals surface area contributed by atoms with E-state index in [-0.39, 0.29) is 44.9 Å². The van der Waals surface area contributed by atoms with Crippen LogP contribution in [0.25, 0.3) is 17.1 Å². The molecule has 0 fully saturated rings. The highest BCUT2D eigenvalue weighted by Gasteiger charge is 2.26. The van der Waals surface area contributed by atoms with Crippen molar-refractivity contribution in [2.75, 3.05) is 5.73 Å². The first kappa shape index (κ1) is 21.5. The lowest BCUT2D eigenvalue weighted by Crippen LogP contribution is -2.19. The second kappa shape index (κ2) is 8.80. The summed E-state index contributed by atoms with van der Waals surface area (Å²) in [7, 11) is 0. The van der Waals surface area contributed by atoms with Crippen LogP contribution in [0.3, 0.4) is 0 Å². The summed E-state index contributed by atoms with van der Waals surface area (Å²) in [6.45, 7) is 0. The third-order valence-corrected chi connectivity index (χ3v) is 4.60. The molecule has 0 radical (unpaired) electrons. The first-order valence-corrected chi connectivity index (χ1v) is 9.31. The minimum absolute atomic E-state index is 0.00211. The molecule has 0 unspecified atom stereocenters. The van der Waals surface area contributed by atoms with E-state index in [2.05, 4.69) is 35.8 Å². The molecule has 2 aromatic carbocycles. The Hall–Kier alpha value is -4.72. The second-order valence-corrected chi connectivity index (χ2v) is 6.72. The number of benzene rings is 2. The lowest BCUT2D eigenvalue weighted by molar-refractivity contribution is -0.384. The first-order valence-electron chi connectivity index (χ1n) is 8.93. The number of nitrogen functional groups attached to an aromatic ring is 1. The summed E-state index contributed by atoms with van der Waals surface area (Å²) in [5.74, 6) is -1.75. The number of anilines is 1. The molecule has 0 saturated heterocycles. The third kappa shape index (κ3) is 4.22. The Labute approximate surface area is 187 Å². The smallest absolute Gasteiger partial charge is 0.294 e. The van der Waals surface area contributed by atoms with Gasteiger partial charge < -0.3 is 5.73 Å². The number of non-ortho nitro benzene ring substituents is 1. The van der Waals surface area contributed by atoms with Crippen molar-refractivity contribution in [3.05, 3.63) is 74.7 Å². The van der Waals surface area contributed by atoms with Crippen molar-refractivity contribution in [3.63, 3.8) is 0 Å². The Kier molecular flexibility index (Phi) is 5.73. The van der Waals surface area contributed by atoms with Gasteiger partial charge in [0, 0.05) is 23.3 Å². The van der Waals surface area contributed by atoms with E-state index >= 15 is 0 Å². The summed E-state index contributed by atoms with van der Waals surface area (Å²) in [6.07, 6.45) is 1.02. The zero-order chi connectivity index (χ0) is 23.5. The van der Waals surface area contributed by atoms with Gasteiger partial charge in [-0.3, -0.25) is 14.9 Å². The molecule has 4 rings (SSSR count). The Balaban J connectivity index is 1.74. The van der Waals surface area contributed by atoms with Gasteiger partial charge in [-0.25, -0.2) is 14.4 Å². The average Bonchev–Trinajstić information content (AvgIpc) is 3.41. The number of nitrogens with zero attached hydrogens (tertiary/aromatic N) is 7. The van der Waals surface area contributed by atoms with Gasteiger partial charge in [0.25, 0.3) is 11.6 Å². The fourth-order valence-corrected chi connectivity index (χ4v) is 3.00. The summed E-state index contributed by atoms with van der Waals surface area (Å²) in [5.41, 5.74) is 7.54. The molecule has 0 spiro atoms. The Morgan fingerprint density at radius 3 is 2.79 bits per heavy atom. The van der Waals surface area contributed by atoms with Gasteiger partial charge in [-0.2, -0.15) is 9.78 Å². The molecule has 0 bridgehead atoms. The molecule has 2 heterocycles. The third-order valence-electron chi connectivity index (χ3n) is 4.27. The number of hydrogen-bond donors (Lipinski definition) is 2. The van der Waals surface area contributed by atoms with E-state index in [4.69, 9.17) is 17.3 Å². The Morgan fingerprint density at radius 2 is 2.09 bits per heavy atom. The summed E-state index contributed by atoms with van der Waals surface area (Å²) < 4.78 is 19.5. The fourth-order valence-electron chi connectivity index (χ4n) is 2.79. The van der Waals surface area contributed by atoms with Crippen LogP contribution in [-0.2, 0) is 0 Å². The molecule has 166 valence electrons. The molecular formula is C18H11ClFN9O4. The fraction of sp³-hybridized carbons (Fsp3) is 0. The van der Waals surface area contributed by atoms with Gasteiger partial charge in [-0.1, -0.05) is 35.0 Å². The summed E-state index contributed by atoms with van der Waals surface area (Å²) in [4.78, 5) is 23.4. The number of halogens is 2. The van der Waals surface area contributed by atoms with Crippen LogP contribution in [0.2, 0.25) is 5.02 Å². The van der Waals surface area contributed by atoms with Crippen LogP contribution in [0, 0.1) is 15.9 Å². The van der Waals surface area contributed by atoms with Crippen LogP contribution in [0.15, 0.2) is 52.2 Å². The number of hydrogen-bond acceptors (Lipinski definition) is 10. The SMILES string of the molecule is Nc1nonc1-n1nnc(C(=O)N/N=C\c2c(F)cccc2Cl)c1-c1cccc([N+](=O)[O-])c1. The Morgan fingerprint density at radius 1 is 1.30 bits per heavy atom. The highest BCUT2D eigenvalue weighted by Crippen LogP contribution is 2.29. The van der Waals surface area contributed by atoms with Gasteiger partial charge in [-0.05, 0) is 22.4 Å². The normalized spacial score (nSPS) is 11.1. The zero-order valence-corrected chi connectivity index (χ0v) is 17.0. The van der Waals surface area contributed by atoms with Crippen molar-refractivity contribution in [1.82, 2.24) is 30.7 Å². The van der Waals surface area contributed by atoms with Crippen molar-refractivity contribution in [1.29, 1.82) is 0 Å². The largest absolute Gasteiger partial charge is 0.378 e. The van der Waals surface area contributed by atoms with Gasteiger partial charge in [0.2, 0.25) is 11.6 Å². The van der Waals surface area contributed by atoms with E-state index in [1.54, 1.807) is 0 Å². The Bertz CT molecular complexity index is 1380. The maximum Gasteiger partial charge on any atom is 0.294 e. The quantitative estimate of drug-likeness (QED) is 0.242. The topological polar surface area (TPSA) is 180 Å². The van der Waals surface area contributed by atoms with Gasteiger partial charge in [-0.15, -0.1) is 5.10 Å². The number of carbonyl (C=O) groups is 1. The maximum atomic E-state index is 13.9. The number of amides is 1. The van der Waals surface area contributed by atoms with E-state index in [0.717, 1.165) is 10.9 Å². The van der Waals surface area contributed by atoms with Crippen molar-refractivity contribution < 1.29 is 18.7 Å². The van der Waals surface area contributed by atoms with Crippen LogP contribution < -0.4 is 11.2 Å². The molecule has 15 heteroatoms. The van der Waals surface area contributed by atoms with Crippen LogP contribution in [0.1, 0.15) is 16.1 Å². The maximum absolute atomic E-state index is 13.9. The molecule has 13 nitrogen and oxygen atoms in total. The summed E-state index contributed by atoms with van der Waals surface area (Å²) >= 11 is 5.92. The lowest BCUT2D eigenvalue weighted by atomic mass is 10.1.